The fourth-order valence-electron chi connectivity index (χ4n) is 6.66. The first-order valence-corrected chi connectivity index (χ1v) is 15.6. The summed E-state index contributed by atoms with van der Waals surface area (Å²) in [4.78, 5) is 20.2. The highest BCUT2D eigenvalue weighted by molar-refractivity contribution is 7.89. The maximum absolute atomic E-state index is 15.4. The average molecular weight is 574 g/mol. The van der Waals surface area contributed by atoms with E-state index in [0.717, 1.165) is 6.42 Å². The molecule has 4 aliphatic heterocycles. The summed E-state index contributed by atoms with van der Waals surface area (Å²) in [7, 11) is -0.332. The maximum Gasteiger partial charge on any atom is 0.232 e. The predicted octanol–water partition coefficient (Wildman–Crippen LogP) is 0.862. The summed E-state index contributed by atoms with van der Waals surface area (Å²) in [5.74, 6) is -1.52. The summed E-state index contributed by atoms with van der Waals surface area (Å²) < 4.78 is 56.2. The van der Waals surface area contributed by atoms with Crippen molar-refractivity contribution in [1.29, 1.82) is 0 Å². The van der Waals surface area contributed by atoms with Gasteiger partial charge in [-0.3, -0.25) is 20.0 Å². The van der Waals surface area contributed by atoms with Gasteiger partial charge in [-0.25, -0.2) is 21.5 Å². The highest BCUT2D eigenvalue weighted by atomic mass is 32.2. The molecule has 3 saturated heterocycles. The van der Waals surface area contributed by atoms with Gasteiger partial charge in [-0.15, -0.1) is 0 Å². The minimum absolute atomic E-state index is 0.0863. The number of rotatable bonds is 6. The Kier molecular flexibility index (Phi) is 9.49. The Labute approximate surface area is 231 Å². The van der Waals surface area contributed by atoms with Crippen molar-refractivity contribution in [3.8, 4) is 0 Å². The van der Waals surface area contributed by atoms with Crippen molar-refractivity contribution >= 4 is 21.6 Å². The summed E-state index contributed by atoms with van der Waals surface area (Å²) in [6, 6.07) is -1.23. The normalized spacial score (nSPS) is 40.0. The van der Waals surface area contributed by atoms with Gasteiger partial charge in [0.25, 0.3) is 0 Å². The minimum Gasteiger partial charge on any atom is -0.350 e. The molecule has 4 aliphatic rings. The van der Waals surface area contributed by atoms with Gasteiger partial charge < -0.3 is 16.4 Å². The molecule has 0 spiro atoms. The first-order valence-electron chi connectivity index (χ1n) is 14.1. The van der Waals surface area contributed by atoms with E-state index in [4.69, 9.17) is 5.73 Å². The summed E-state index contributed by atoms with van der Waals surface area (Å²) >= 11 is 0. The number of halogens is 2. The average Bonchev–Trinajstić information content (AvgIpc) is 2.95. The number of nitrogens with two attached hydrogens (primary N) is 1. The number of sulfonamides is 1. The van der Waals surface area contributed by atoms with Crippen LogP contribution in [0, 0.1) is 11.3 Å². The molecule has 5 N–H and O–H groups in total. The lowest BCUT2D eigenvalue weighted by molar-refractivity contribution is -0.125. The molecule has 7 unspecified atom stereocenters. The van der Waals surface area contributed by atoms with E-state index in [9.17, 15) is 17.6 Å². The second-order valence-electron chi connectivity index (χ2n) is 12.0. The smallest absolute Gasteiger partial charge is 0.232 e. The number of aliphatic imine (C=N–C) groups is 1. The Bertz CT molecular complexity index is 1060. The van der Waals surface area contributed by atoms with E-state index in [2.05, 4.69) is 34.8 Å². The number of nitrogens with zero attached hydrogens (tertiary/aromatic N) is 3. The lowest BCUT2D eigenvalue weighted by atomic mass is 9.74. The predicted molar refractivity (Wildman–Crippen MR) is 148 cm³/mol. The number of piperidine rings is 2. The molecule has 2 bridgehead atoms. The van der Waals surface area contributed by atoms with Gasteiger partial charge in [0.2, 0.25) is 15.9 Å². The fourth-order valence-corrected chi connectivity index (χ4v) is 8.06. The highest BCUT2D eigenvalue weighted by Crippen LogP contribution is 2.39. The van der Waals surface area contributed by atoms with Gasteiger partial charge in [0.15, 0.2) is 0 Å². The van der Waals surface area contributed by atoms with Gasteiger partial charge in [0.1, 0.15) is 17.9 Å². The quantitative estimate of drug-likeness (QED) is 0.371. The molecule has 4 heterocycles. The highest BCUT2D eigenvalue weighted by Gasteiger charge is 2.47. The summed E-state index contributed by atoms with van der Waals surface area (Å²) in [5.41, 5.74) is 6.84. The molecular weight excluding hydrogens is 528 g/mol. The molecule has 1 amide bonds. The molecule has 0 aromatic carbocycles. The number of amides is 1. The number of likely N-dealkylation sites (tertiary alicyclic amines) is 1. The molecule has 13 heteroatoms. The van der Waals surface area contributed by atoms with E-state index in [1.54, 1.807) is 0 Å². The molecule has 4 rings (SSSR count). The summed E-state index contributed by atoms with van der Waals surface area (Å²) in [6.45, 7) is 5.57. The third kappa shape index (κ3) is 6.38. The van der Waals surface area contributed by atoms with Crippen LogP contribution in [0.2, 0.25) is 0 Å². The number of nitrogens with one attached hydrogen (secondary N) is 3. The molecule has 3 fully saturated rings. The zero-order valence-corrected chi connectivity index (χ0v) is 24.3. The number of carbonyl (C=O) groups excluding carboxylic acids is 1. The van der Waals surface area contributed by atoms with Crippen LogP contribution >= 0.6 is 0 Å². The summed E-state index contributed by atoms with van der Waals surface area (Å²) in [6.07, 6.45) is 2.17. The molecule has 0 aromatic heterocycles. The van der Waals surface area contributed by atoms with Gasteiger partial charge in [-0.2, -0.15) is 0 Å². The minimum atomic E-state index is -3.39. The molecule has 222 valence electrons. The number of alkyl halides is 1. The number of carbonyl (C=O) groups is 1. The first-order chi connectivity index (χ1) is 18.4. The van der Waals surface area contributed by atoms with Gasteiger partial charge in [-0.05, 0) is 50.6 Å². The Balaban J connectivity index is 1.53. The second kappa shape index (κ2) is 12.2. The van der Waals surface area contributed by atoms with E-state index in [0.29, 0.717) is 51.0 Å². The van der Waals surface area contributed by atoms with Crippen molar-refractivity contribution in [2.75, 3.05) is 40.3 Å². The largest absolute Gasteiger partial charge is 0.350 e. The zero-order chi connectivity index (χ0) is 28.5. The Morgan fingerprint density at radius 3 is 2.62 bits per heavy atom. The van der Waals surface area contributed by atoms with Crippen LogP contribution in [0.4, 0.5) is 8.78 Å². The van der Waals surface area contributed by atoms with Crippen LogP contribution in [-0.2, 0) is 14.8 Å². The van der Waals surface area contributed by atoms with Crippen LogP contribution in [0.1, 0.15) is 52.4 Å². The lowest BCUT2D eigenvalue weighted by Gasteiger charge is -2.45. The molecular formula is C26H45F2N7O3S. The molecule has 39 heavy (non-hydrogen) atoms. The van der Waals surface area contributed by atoms with Crippen LogP contribution in [-0.4, -0.2) is 105 Å². The molecule has 0 radical (unpaired) electrons. The topological polar surface area (TPSA) is 132 Å². The first kappa shape index (κ1) is 30.4. The van der Waals surface area contributed by atoms with Crippen LogP contribution < -0.4 is 21.7 Å². The van der Waals surface area contributed by atoms with Crippen LogP contribution in [0.5, 0.6) is 0 Å². The Hall–Kier alpha value is -1.51. The SMILES string of the molecule is CCC1(C)C/C2=N\C=C(\F)CCC1NC(N)C2C(=O)NC1CNCC(F)C1N1CCC(S(=O)(=O)N(C)C)CC1. The number of fused-ring (bicyclic) bond motifs is 3. The van der Waals surface area contributed by atoms with Crippen molar-refractivity contribution in [3.05, 3.63) is 12.0 Å². The number of hydrogen-bond donors (Lipinski definition) is 4. The van der Waals surface area contributed by atoms with E-state index in [1.165, 1.54) is 24.6 Å². The molecule has 0 saturated carbocycles. The summed E-state index contributed by atoms with van der Waals surface area (Å²) in [5, 5.41) is 9.02. The van der Waals surface area contributed by atoms with E-state index >= 15 is 4.39 Å². The van der Waals surface area contributed by atoms with Gasteiger partial charge in [-0.1, -0.05) is 13.8 Å². The van der Waals surface area contributed by atoms with Crippen LogP contribution in [0.15, 0.2) is 17.0 Å². The monoisotopic (exact) mass is 573 g/mol. The van der Waals surface area contributed by atoms with E-state index in [1.807, 2.05) is 4.90 Å². The molecule has 7 atom stereocenters. The van der Waals surface area contributed by atoms with E-state index in [-0.39, 0.29) is 36.2 Å². The van der Waals surface area contributed by atoms with Crippen LogP contribution in [0.3, 0.4) is 0 Å². The van der Waals surface area contributed by atoms with Gasteiger partial charge >= 0.3 is 0 Å². The Morgan fingerprint density at radius 2 is 1.97 bits per heavy atom. The fraction of sp³-hybridized carbons (Fsp3) is 0.846. The van der Waals surface area contributed by atoms with Gasteiger partial charge in [0, 0.05) is 45.4 Å². The van der Waals surface area contributed by atoms with Crippen molar-refractivity contribution in [2.24, 2.45) is 22.1 Å². The van der Waals surface area contributed by atoms with Crippen molar-refractivity contribution in [1.82, 2.24) is 25.2 Å². The van der Waals surface area contributed by atoms with Crippen molar-refractivity contribution in [3.63, 3.8) is 0 Å². The third-order valence-electron chi connectivity index (χ3n) is 9.31. The van der Waals surface area contributed by atoms with E-state index < -0.39 is 45.6 Å². The standard InChI is InChI=1S/C26H45F2N7O3S/c1-5-26(2)12-19-22(24(29)33-21(26)7-6-16(27)13-31-19)25(36)32-20-15-30-14-18(28)23(20)35-10-8-17(9-11-35)39(37,38)34(3)4/h13,17-18,20-24,30,33H,5-12,14-15,29H2,1-4H3,(H,32,36)/b16-13+,31-19+. The Morgan fingerprint density at radius 1 is 1.28 bits per heavy atom. The van der Waals surface area contributed by atoms with Crippen molar-refractivity contribution in [2.45, 2.75) is 88.1 Å². The number of hydrogen-bond acceptors (Lipinski definition) is 8. The molecule has 0 aromatic rings. The zero-order valence-electron chi connectivity index (χ0n) is 23.5. The molecule has 0 aliphatic carbocycles. The number of allylic oxidation sites excluding steroid dienone is 1. The van der Waals surface area contributed by atoms with Crippen molar-refractivity contribution < 1.29 is 22.0 Å². The van der Waals surface area contributed by atoms with Gasteiger partial charge in [0.05, 0.1) is 29.7 Å². The third-order valence-corrected chi connectivity index (χ3v) is 11.6. The molecule has 10 nitrogen and oxygen atoms in total. The lowest BCUT2D eigenvalue weighted by Crippen LogP contribution is -2.67. The second-order valence-corrected chi connectivity index (χ2v) is 14.4. The van der Waals surface area contributed by atoms with Crippen LogP contribution in [0.25, 0.3) is 0 Å². The maximum atomic E-state index is 15.4.